The van der Waals surface area contributed by atoms with E-state index < -0.39 is 32.2 Å². The van der Waals surface area contributed by atoms with Gasteiger partial charge in [0.05, 0.1) is 23.6 Å². The van der Waals surface area contributed by atoms with E-state index in [2.05, 4.69) is 16.1 Å². The molecule has 0 saturated carbocycles. The highest BCUT2D eigenvalue weighted by molar-refractivity contribution is 7.89. The summed E-state index contributed by atoms with van der Waals surface area (Å²) in [6.07, 6.45) is 3.27. The molecule has 3 aromatic carbocycles. The van der Waals surface area contributed by atoms with Crippen molar-refractivity contribution in [2.75, 3.05) is 25.1 Å². The van der Waals surface area contributed by atoms with Crippen molar-refractivity contribution in [3.8, 4) is 0 Å². The fourth-order valence-corrected chi connectivity index (χ4v) is 7.78. The number of carbonyl (C=O) groups is 2. The highest BCUT2D eigenvalue weighted by Gasteiger charge is 2.41. The molecule has 1 aliphatic carbocycles. The number of benzene rings is 3. The number of ether oxygens (including phenoxy) is 1. The van der Waals surface area contributed by atoms with Gasteiger partial charge in [-0.3, -0.25) is 9.59 Å². The topological polar surface area (TPSA) is 105 Å². The van der Waals surface area contributed by atoms with Crippen LogP contribution in [0.4, 0.5) is 18.9 Å². The van der Waals surface area contributed by atoms with Gasteiger partial charge in [0.25, 0.3) is 0 Å². The molecule has 1 unspecified atom stereocenters. The fourth-order valence-electron chi connectivity index (χ4n) is 6.52. The van der Waals surface area contributed by atoms with Gasteiger partial charge in [-0.1, -0.05) is 60.7 Å². The molecule has 8 nitrogen and oxygen atoms in total. The second-order valence-electron chi connectivity index (χ2n) is 11.8. The molecule has 1 aliphatic heterocycles. The Morgan fingerprint density at radius 3 is 2.51 bits per heavy atom. The lowest BCUT2D eigenvalue weighted by Gasteiger charge is -2.36. The number of amides is 1. The SMILES string of the molecule is COC(=O)[C@]1(CC=Cc2ccc3c(c2)CCCC3N(C(=O)CCNS(=O)(=O)c2ccccc2C(F)(F)F)c2ccccc2)CCCN1. The van der Waals surface area contributed by atoms with Gasteiger partial charge in [0.15, 0.2) is 0 Å². The summed E-state index contributed by atoms with van der Waals surface area (Å²) < 4.78 is 73.4. The van der Waals surface area contributed by atoms with Gasteiger partial charge in [0, 0.05) is 18.7 Å². The second-order valence-corrected chi connectivity index (χ2v) is 13.6. The van der Waals surface area contributed by atoms with Gasteiger partial charge in [-0.25, -0.2) is 13.1 Å². The molecule has 2 atom stereocenters. The average Bonchev–Trinajstić information content (AvgIpc) is 3.54. The van der Waals surface area contributed by atoms with Gasteiger partial charge in [-0.05, 0) is 86.0 Å². The molecule has 0 spiro atoms. The van der Waals surface area contributed by atoms with E-state index in [1.807, 2.05) is 42.5 Å². The summed E-state index contributed by atoms with van der Waals surface area (Å²) in [4.78, 5) is 27.0. The van der Waals surface area contributed by atoms with E-state index in [0.29, 0.717) is 31.0 Å². The maximum atomic E-state index is 13.8. The Bertz CT molecular complexity index is 1720. The summed E-state index contributed by atoms with van der Waals surface area (Å²) in [5.74, 6) is -0.625. The molecule has 2 N–H and O–H groups in total. The van der Waals surface area contributed by atoms with E-state index in [4.69, 9.17) is 4.74 Å². The third kappa shape index (κ3) is 7.77. The summed E-state index contributed by atoms with van der Waals surface area (Å²) in [5.41, 5.74) is 1.69. The number of hydrogen-bond donors (Lipinski definition) is 2. The van der Waals surface area contributed by atoms with E-state index in [1.165, 1.54) is 13.2 Å². The van der Waals surface area contributed by atoms with E-state index >= 15 is 0 Å². The first-order valence-electron chi connectivity index (χ1n) is 15.6. The molecule has 1 heterocycles. The van der Waals surface area contributed by atoms with Crippen LogP contribution in [0.25, 0.3) is 6.08 Å². The number of halogens is 3. The molecular formula is C35H38F3N3O5S. The standard InChI is InChI=1S/C35H38F3N3O5S/c1-46-33(43)34(21-9-22-39-34)20-8-10-25-17-18-28-26(24-25)11-7-15-30(28)41(27-12-3-2-4-13-27)32(42)19-23-40-47(44,45)31-16-6-5-14-29(31)35(36,37)38/h2-6,8,10,12-14,16-18,24,30,39-40H,7,9,11,15,19-23H2,1H3/t30?,34-/m0/s1. The maximum absolute atomic E-state index is 13.8. The summed E-state index contributed by atoms with van der Waals surface area (Å²) in [5, 5.41) is 3.29. The largest absolute Gasteiger partial charge is 0.468 e. The number of fused-ring (bicyclic) bond motifs is 1. The van der Waals surface area contributed by atoms with E-state index in [1.54, 1.807) is 17.0 Å². The van der Waals surface area contributed by atoms with Crippen molar-refractivity contribution in [2.24, 2.45) is 0 Å². The van der Waals surface area contributed by atoms with Crippen LogP contribution >= 0.6 is 0 Å². The number of carbonyl (C=O) groups excluding carboxylic acids is 2. The predicted octanol–water partition coefficient (Wildman–Crippen LogP) is 6.18. The quantitative estimate of drug-likeness (QED) is 0.236. The first-order chi connectivity index (χ1) is 22.4. The van der Waals surface area contributed by atoms with Crippen molar-refractivity contribution >= 4 is 33.7 Å². The Hall–Kier alpha value is -4.00. The lowest BCUT2D eigenvalue weighted by molar-refractivity contribution is -0.147. The zero-order valence-corrected chi connectivity index (χ0v) is 26.9. The van der Waals surface area contributed by atoms with Gasteiger partial charge >= 0.3 is 12.1 Å². The van der Waals surface area contributed by atoms with Crippen molar-refractivity contribution in [1.82, 2.24) is 10.0 Å². The van der Waals surface area contributed by atoms with Crippen LogP contribution in [0.15, 0.2) is 83.8 Å². The maximum Gasteiger partial charge on any atom is 0.417 e. The first-order valence-corrected chi connectivity index (χ1v) is 17.1. The van der Waals surface area contributed by atoms with Crippen LogP contribution in [0, 0.1) is 0 Å². The number of anilines is 1. The van der Waals surface area contributed by atoms with Crippen LogP contribution in [0.5, 0.6) is 0 Å². The lowest BCUT2D eigenvalue weighted by Crippen LogP contribution is -2.47. The molecule has 5 rings (SSSR count). The minimum atomic E-state index is -4.85. The van der Waals surface area contributed by atoms with Crippen molar-refractivity contribution in [1.29, 1.82) is 0 Å². The number of esters is 1. The van der Waals surface area contributed by atoms with Crippen LogP contribution in [0.2, 0.25) is 0 Å². The number of methoxy groups -OCH3 is 1. The van der Waals surface area contributed by atoms with Gasteiger partial charge in [-0.15, -0.1) is 0 Å². The summed E-state index contributed by atoms with van der Waals surface area (Å²) in [7, 11) is -3.14. The normalized spacial score (nSPS) is 19.8. The molecule has 0 aromatic heterocycles. The zero-order chi connectivity index (χ0) is 33.7. The first kappa shape index (κ1) is 34.3. The molecule has 0 radical (unpaired) electrons. The Labute approximate surface area is 273 Å². The molecular weight excluding hydrogens is 631 g/mol. The monoisotopic (exact) mass is 669 g/mol. The lowest BCUT2D eigenvalue weighted by atomic mass is 9.85. The number of hydrogen-bond acceptors (Lipinski definition) is 6. The summed E-state index contributed by atoms with van der Waals surface area (Å²) in [6, 6.07) is 18.8. The second kappa shape index (κ2) is 14.4. The van der Waals surface area contributed by atoms with Crippen LogP contribution in [0.1, 0.15) is 66.8 Å². The van der Waals surface area contributed by atoms with E-state index in [9.17, 15) is 31.2 Å². The van der Waals surface area contributed by atoms with Crippen molar-refractivity contribution in [2.45, 2.75) is 67.6 Å². The summed E-state index contributed by atoms with van der Waals surface area (Å²) in [6.45, 7) is 0.389. The molecule has 1 saturated heterocycles. The van der Waals surface area contributed by atoms with Crippen LogP contribution in [0.3, 0.4) is 0 Å². The Kier molecular flexibility index (Phi) is 10.5. The van der Waals surface area contributed by atoms with Gasteiger partial charge in [-0.2, -0.15) is 13.2 Å². The number of sulfonamides is 1. The number of rotatable bonds is 11. The van der Waals surface area contributed by atoms with Crippen LogP contribution in [-0.4, -0.2) is 46.0 Å². The highest BCUT2D eigenvalue weighted by Crippen LogP contribution is 2.38. The highest BCUT2D eigenvalue weighted by atomic mass is 32.2. The number of nitrogens with one attached hydrogen (secondary N) is 2. The van der Waals surface area contributed by atoms with Gasteiger partial charge < -0.3 is 15.0 Å². The molecule has 0 bridgehead atoms. The predicted molar refractivity (Wildman–Crippen MR) is 173 cm³/mol. The number of alkyl halides is 3. The Morgan fingerprint density at radius 2 is 1.81 bits per heavy atom. The Balaban J connectivity index is 1.33. The number of aryl methyl sites for hydroxylation is 1. The summed E-state index contributed by atoms with van der Waals surface area (Å²) >= 11 is 0. The third-order valence-electron chi connectivity index (χ3n) is 8.77. The minimum absolute atomic E-state index is 0.259. The molecule has 47 heavy (non-hydrogen) atoms. The van der Waals surface area contributed by atoms with Crippen molar-refractivity contribution in [3.63, 3.8) is 0 Å². The molecule has 2 aliphatic rings. The molecule has 12 heteroatoms. The molecule has 250 valence electrons. The molecule has 1 fully saturated rings. The van der Waals surface area contributed by atoms with Crippen LogP contribution < -0.4 is 14.9 Å². The average molecular weight is 670 g/mol. The smallest absolute Gasteiger partial charge is 0.417 e. The Morgan fingerprint density at radius 1 is 1.06 bits per heavy atom. The van der Waals surface area contributed by atoms with Crippen LogP contribution in [-0.2, 0) is 36.9 Å². The number of para-hydroxylation sites is 1. The van der Waals surface area contributed by atoms with Crippen molar-refractivity contribution < 1.29 is 35.9 Å². The molecule has 1 amide bonds. The fraction of sp³-hybridized carbons (Fsp3) is 0.371. The minimum Gasteiger partial charge on any atom is -0.468 e. The zero-order valence-electron chi connectivity index (χ0n) is 26.1. The van der Waals surface area contributed by atoms with Gasteiger partial charge in [0.2, 0.25) is 15.9 Å². The van der Waals surface area contributed by atoms with Gasteiger partial charge in [0.1, 0.15) is 5.54 Å². The third-order valence-corrected chi connectivity index (χ3v) is 10.3. The number of nitrogens with zero attached hydrogens (tertiary/aromatic N) is 1. The van der Waals surface area contributed by atoms with E-state index in [0.717, 1.165) is 54.6 Å². The van der Waals surface area contributed by atoms with Crippen molar-refractivity contribution in [3.05, 3.63) is 101 Å². The van der Waals surface area contributed by atoms with E-state index in [-0.39, 0.29) is 30.9 Å². The molecule has 3 aromatic rings.